The van der Waals surface area contributed by atoms with Crippen LogP contribution in [0, 0.1) is 17.8 Å². The van der Waals surface area contributed by atoms with Crippen molar-refractivity contribution in [1.29, 1.82) is 0 Å². The molecule has 3 unspecified atom stereocenters. The van der Waals surface area contributed by atoms with Crippen LogP contribution in [-0.4, -0.2) is 15.0 Å². The maximum atomic E-state index is 10.7. The molecule has 3 N–H and O–H groups in total. The SMILES string of the molecule is NS(=O)(=O)NCC1CC2C=CC1CC2. The Morgan fingerprint density at radius 2 is 2.14 bits per heavy atom. The molecule has 0 saturated heterocycles. The van der Waals surface area contributed by atoms with Crippen molar-refractivity contribution in [3.8, 4) is 0 Å². The maximum Gasteiger partial charge on any atom is 0.274 e. The fourth-order valence-electron chi connectivity index (χ4n) is 2.51. The predicted octanol–water partition coefficient (Wildman–Crippen LogP) is 0.382. The van der Waals surface area contributed by atoms with Crippen molar-refractivity contribution >= 4 is 10.2 Å². The molecule has 0 aromatic carbocycles. The Bertz CT molecular complexity index is 337. The van der Waals surface area contributed by atoms with Crippen LogP contribution >= 0.6 is 0 Å². The summed E-state index contributed by atoms with van der Waals surface area (Å²) in [4.78, 5) is 0. The van der Waals surface area contributed by atoms with Gasteiger partial charge in [0.05, 0.1) is 0 Å². The third-order valence-electron chi connectivity index (χ3n) is 3.26. The Morgan fingerprint density at radius 1 is 1.36 bits per heavy atom. The van der Waals surface area contributed by atoms with Gasteiger partial charge in [0.15, 0.2) is 0 Å². The number of nitrogens with one attached hydrogen (secondary N) is 1. The van der Waals surface area contributed by atoms with Crippen molar-refractivity contribution in [2.24, 2.45) is 22.9 Å². The molecule has 3 aliphatic rings. The van der Waals surface area contributed by atoms with E-state index in [4.69, 9.17) is 5.14 Å². The van der Waals surface area contributed by atoms with Crippen LogP contribution in [0.2, 0.25) is 0 Å². The van der Waals surface area contributed by atoms with E-state index in [1.807, 2.05) is 0 Å². The zero-order valence-electron chi connectivity index (χ0n) is 8.02. The van der Waals surface area contributed by atoms with Gasteiger partial charge in [-0.3, -0.25) is 0 Å². The first-order valence-electron chi connectivity index (χ1n) is 5.00. The summed E-state index contributed by atoms with van der Waals surface area (Å²) in [6.07, 6.45) is 8.05. The van der Waals surface area contributed by atoms with Crippen LogP contribution in [0.25, 0.3) is 0 Å². The lowest BCUT2D eigenvalue weighted by atomic mass is 9.69. The molecular formula is C9H16N2O2S. The lowest BCUT2D eigenvalue weighted by Crippen LogP contribution is -2.39. The largest absolute Gasteiger partial charge is 0.274 e. The molecule has 14 heavy (non-hydrogen) atoms. The minimum atomic E-state index is -3.51. The summed E-state index contributed by atoms with van der Waals surface area (Å²) < 4.78 is 23.9. The maximum absolute atomic E-state index is 10.7. The van der Waals surface area contributed by atoms with Gasteiger partial charge in [-0.05, 0) is 37.0 Å². The van der Waals surface area contributed by atoms with E-state index < -0.39 is 10.2 Å². The molecule has 0 heterocycles. The molecule has 0 spiro atoms. The number of hydrogen-bond acceptors (Lipinski definition) is 2. The molecule has 80 valence electrons. The fourth-order valence-corrected chi connectivity index (χ4v) is 2.96. The molecule has 0 aromatic heterocycles. The van der Waals surface area contributed by atoms with E-state index >= 15 is 0 Å². The van der Waals surface area contributed by atoms with Crippen LogP contribution in [0.1, 0.15) is 19.3 Å². The van der Waals surface area contributed by atoms with E-state index in [1.165, 1.54) is 12.8 Å². The minimum Gasteiger partial charge on any atom is -0.216 e. The lowest BCUT2D eigenvalue weighted by Gasteiger charge is -2.37. The Labute approximate surface area is 84.7 Å². The van der Waals surface area contributed by atoms with E-state index in [9.17, 15) is 8.42 Å². The number of nitrogens with two attached hydrogens (primary N) is 1. The summed E-state index contributed by atoms with van der Waals surface area (Å²) in [7, 11) is -3.51. The van der Waals surface area contributed by atoms with Crippen LogP contribution in [0.3, 0.4) is 0 Å². The van der Waals surface area contributed by atoms with Crippen molar-refractivity contribution in [3.63, 3.8) is 0 Å². The molecule has 0 aromatic rings. The van der Waals surface area contributed by atoms with E-state index in [-0.39, 0.29) is 0 Å². The molecule has 4 nitrogen and oxygen atoms in total. The van der Waals surface area contributed by atoms with Crippen LogP contribution in [0.4, 0.5) is 0 Å². The smallest absolute Gasteiger partial charge is 0.216 e. The highest BCUT2D eigenvalue weighted by Crippen LogP contribution is 2.39. The van der Waals surface area contributed by atoms with E-state index in [0.29, 0.717) is 24.3 Å². The standard InChI is InChI=1S/C9H16N2O2S/c10-14(12,13)11-6-9-5-7-1-3-8(9)4-2-7/h1,3,7-9,11H,2,4-6H2,(H2,10,12,13). The molecular weight excluding hydrogens is 200 g/mol. The van der Waals surface area contributed by atoms with Crippen molar-refractivity contribution < 1.29 is 8.42 Å². The van der Waals surface area contributed by atoms with Gasteiger partial charge in [0.1, 0.15) is 0 Å². The monoisotopic (exact) mass is 216 g/mol. The zero-order chi connectivity index (χ0) is 10.2. The summed E-state index contributed by atoms with van der Waals surface area (Å²) in [5.41, 5.74) is 0. The molecule has 5 heteroatoms. The van der Waals surface area contributed by atoms with Crippen molar-refractivity contribution in [1.82, 2.24) is 4.72 Å². The topological polar surface area (TPSA) is 72.2 Å². The number of fused-ring (bicyclic) bond motifs is 2. The second-order valence-corrected chi connectivity index (χ2v) is 5.65. The highest BCUT2D eigenvalue weighted by atomic mass is 32.2. The van der Waals surface area contributed by atoms with Crippen molar-refractivity contribution in [3.05, 3.63) is 12.2 Å². The van der Waals surface area contributed by atoms with Gasteiger partial charge in [0, 0.05) is 6.54 Å². The van der Waals surface area contributed by atoms with E-state index in [0.717, 1.165) is 6.42 Å². The predicted molar refractivity (Wildman–Crippen MR) is 54.6 cm³/mol. The highest BCUT2D eigenvalue weighted by Gasteiger charge is 2.31. The first kappa shape index (κ1) is 10.1. The summed E-state index contributed by atoms with van der Waals surface area (Å²) in [5.74, 6) is 1.65. The van der Waals surface area contributed by atoms with Gasteiger partial charge in [-0.25, -0.2) is 9.86 Å². The first-order valence-corrected chi connectivity index (χ1v) is 6.55. The van der Waals surface area contributed by atoms with Gasteiger partial charge in [-0.2, -0.15) is 8.42 Å². The normalized spacial score (nSPS) is 36.2. The zero-order valence-corrected chi connectivity index (χ0v) is 8.83. The average Bonchev–Trinajstić information content (AvgIpc) is 2.16. The van der Waals surface area contributed by atoms with Gasteiger partial charge < -0.3 is 0 Å². The van der Waals surface area contributed by atoms with E-state index in [2.05, 4.69) is 16.9 Å². The Balaban J connectivity index is 1.92. The van der Waals surface area contributed by atoms with Crippen molar-refractivity contribution in [2.75, 3.05) is 6.54 Å². The Kier molecular flexibility index (Phi) is 2.64. The average molecular weight is 216 g/mol. The van der Waals surface area contributed by atoms with Crippen LogP contribution in [0.15, 0.2) is 12.2 Å². The van der Waals surface area contributed by atoms with Gasteiger partial charge in [0.2, 0.25) is 0 Å². The molecule has 1 saturated carbocycles. The van der Waals surface area contributed by atoms with Gasteiger partial charge in [-0.15, -0.1) is 0 Å². The minimum absolute atomic E-state index is 0.442. The second-order valence-electron chi connectivity index (χ2n) is 4.28. The van der Waals surface area contributed by atoms with Crippen molar-refractivity contribution in [2.45, 2.75) is 19.3 Å². The molecule has 2 bridgehead atoms. The third kappa shape index (κ3) is 2.34. The van der Waals surface area contributed by atoms with Crippen LogP contribution in [0.5, 0.6) is 0 Å². The Hall–Kier alpha value is -0.390. The second kappa shape index (κ2) is 3.64. The molecule has 1 fully saturated rings. The number of rotatable bonds is 3. The lowest BCUT2D eigenvalue weighted by molar-refractivity contribution is 0.222. The quantitative estimate of drug-likeness (QED) is 0.669. The summed E-state index contributed by atoms with van der Waals surface area (Å²) in [6.45, 7) is 0.490. The summed E-state index contributed by atoms with van der Waals surface area (Å²) in [5, 5.41) is 4.89. The number of hydrogen-bond donors (Lipinski definition) is 2. The summed E-state index contributed by atoms with van der Waals surface area (Å²) >= 11 is 0. The molecule has 3 atom stereocenters. The highest BCUT2D eigenvalue weighted by molar-refractivity contribution is 7.87. The fraction of sp³-hybridized carbons (Fsp3) is 0.778. The van der Waals surface area contributed by atoms with Gasteiger partial charge >= 0.3 is 0 Å². The van der Waals surface area contributed by atoms with Crippen LogP contribution in [-0.2, 0) is 10.2 Å². The molecule has 0 radical (unpaired) electrons. The molecule has 0 aliphatic heterocycles. The number of allylic oxidation sites excluding steroid dienone is 2. The summed E-state index contributed by atoms with van der Waals surface area (Å²) in [6, 6.07) is 0. The van der Waals surface area contributed by atoms with Crippen LogP contribution < -0.4 is 9.86 Å². The van der Waals surface area contributed by atoms with E-state index in [1.54, 1.807) is 0 Å². The third-order valence-corrected chi connectivity index (χ3v) is 3.83. The molecule has 3 aliphatic carbocycles. The van der Waals surface area contributed by atoms with Gasteiger partial charge in [0.25, 0.3) is 10.2 Å². The first-order chi connectivity index (χ1) is 6.54. The molecule has 0 amide bonds. The van der Waals surface area contributed by atoms with Gasteiger partial charge in [-0.1, -0.05) is 12.2 Å². The molecule has 3 rings (SSSR count). The Morgan fingerprint density at radius 3 is 2.57 bits per heavy atom.